The van der Waals surface area contributed by atoms with Gasteiger partial charge in [-0.3, -0.25) is 4.79 Å². The number of fused-ring (bicyclic) bond motifs is 5. The second-order valence-corrected chi connectivity index (χ2v) is 10.2. The van der Waals surface area contributed by atoms with Crippen LogP contribution in [0.4, 0.5) is 0 Å². The summed E-state index contributed by atoms with van der Waals surface area (Å²) >= 11 is 0. The lowest BCUT2D eigenvalue weighted by atomic mass is 9.47. The number of aliphatic hydroxyl groups excluding tert-OH is 1. The normalized spacial score (nSPS) is 40.1. The third kappa shape index (κ3) is 2.90. The minimum atomic E-state index is -0.212. The number of carbonyl (C=O) groups is 2. The van der Waals surface area contributed by atoms with Crippen molar-refractivity contribution in [2.24, 2.45) is 28.6 Å². The summed E-state index contributed by atoms with van der Waals surface area (Å²) in [5.74, 6) is 1.52. The molecule has 5 rings (SSSR count). The lowest BCUT2D eigenvalue weighted by molar-refractivity contribution is -0.120. The Balaban J connectivity index is 1.38. The first-order valence-electron chi connectivity index (χ1n) is 11.6. The maximum absolute atomic E-state index is 12.7. The lowest BCUT2D eigenvalue weighted by Crippen LogP contribution is -2.53. The van der Waals surface area contributed by atoms with E-state index in [1.807, 2.05) is 36.4 Å². The molecule has 0 unspecified atom stereocenters. The standard InChI is InChI=1S/C26H32O4/c1-25-13-12-22-20(8-7-18-15-19(28)11-14-26(18,22)16-27)21(25)9-10-23(25)30-24(29)17-5-3-2-4-6-17/h2-6,15,20-23,27H,7-14,16H2,1H3/t20-,21-,22-,23-,25-,26-/m1/s1. The van der Waals surface area contributed by atoms with Crippen LogP contribution in [-0.4, -0.2) is 29.6 Å². The minimum Gasteiger partial charge on any atom is -0.458 e. The average molecular weight is 409 g/mol. The fraction of sp³-hybridized carbons (Fsp3) is 0.615. The van der Waals surface area contributed by atoms with Crippen molar-refractivity contribution < 1.29 is 19.4 Å². The molecule has 0 radical (unpaired) electrons. The van der Waals surface area contributed by atoms with Crippen molar-refractivity contribution in [1.29, 1.82) is 0 Å². The van der Waals surface area contributed by atoms with Crippen LogP contribution in [0.3, 0.4) is 0 Å². The molecule has 0 bridgehead atoms. The van der Waals surface area contributed by atoms with Gasteiger partial charge in [0.25, 0.3) is 0 Å². The predicted octanol–water partition coefficient (Wildman–Crippen LogP) is 4.72. The molecular formula is C26H32O4. The van der Waals surface area contributed by atoms with E-state index in [4.69, 9.17) is 4.74 Å². The monoisotopic (exact) mass is 408 g/mol. The summed E-state index contributed by atoms with van der Waals surface area (Å²) in [4.78, 5) is 24.7. The Labute approximate surface area is 178 Å². The van der Waals surface area contributed by atoms with Crippen LogP contribution in [0.2, 0.25) is 0 Å². The Bertz CT molecular complexity index is 874. The van der Waals surface area contributed by atoms with Crippen LogP contribution >= 0.6 is 0 Å². The van der Waals surface area contributed by atoms with Crippen LogP contribution in [0.1, 0.15) is 68.6 Å². The molecule has 1 aromatic rings. The fourth-order valence-electron chi connectivity index (χ4n) is 7.57. The smallest absolute Gasteiger partial charge is 0.338 e. The number of esters is 1. The number of ketones is 1. The van der Waals surface area contributed by atoms with Crippen molar-refractivity contribution in [3.8, 4) is 0 Å². The van der Waals surface area contributed by atoms with Gasteiger partial charge in [-0.15, -0.1) is 0 Å². The molecule has 1 aromatic carbocycles. The molecule has 0 amide bonds. The molecule has 30 heavy (non-hydrogen) atoms. The molecule has 4 aliphatic rings. The molecular weight excluding hydrogens is 376 g/mol. The summed E-state index contributed by atoms with van der Waals surface area (Å²) in [7, 11) is 0. The Hall–Kier alpha value is -1.94. The Kier molecular flexibility index (Phi) is 4.89. The zero-order valence-corrected chi connectivity index (χ0v) is 17.8. The quantitative estimate of drug-likeness (QED) is 0.736. The molecule has 0 spiro atoms. The second kappa shape index (κ2) is 7.33. The van der Waals surface area contributed by atoms with Crippen LogP contribution in [0.15, 0.2) is 42.0 Å². The van der Waals surface area contributed by atoms with Gasteiger partial charge in [0.15, 0.2) is 5.78 Å². The number of carbonyl (C=O) groups excluding carboxylic acids is 2. The van der Waals surface area contributed by atoms with Crippen molar-refractivity contribution in [1.82, 2.24) is 0 Å². The third-order valence-corrected chi connectivity index (χ3v) is 9.14. The molecule has 0 heterocycles. The SMILES string of the molecule is C[C@@]12CC[C@@H]3[C@H](CCC4=CC(=O)CC[C@@]43CO)[C@H]1CC[C@H]2OC(=O)c1ccccc1. The van der Waals surface area contributed by atoms with Crippen molar-refractivity contribution in [3.63, 3.8) is 0 Å². The number of benzene rings is 1. The zero-order chi connectivity index (χ0) is 20.9. The Morgan fingerprint density at radius 3 is 2.63 bits per heavy atom. The molecule has 6 atom stereocenters. The third-order valence-electron chi connectivity index (χ3n) is 9.14. The maximum atomic E-state index is 12.7. The van der Waals surface area contributed by atoms with E-state index in [1.165, 1.54) is 5.57 Å². The van der Waals surface area contributed by atoms with Crippen molar-refractivity contribution in [2.45, 2.75) is 64.4 Å². The van der Waals surface area contributed by atoms with Gasteiger partial charge in [-0.25, -0.2) is 4.79 Å². The predicted molar refractivity (Wildman–Crippen MR) is 114 cm³/mol. The van der Waals surface area contributed by atoms with E-state index in [2.05, 4.69) is 6.92 Å². The van der Waals surface area contributed by atoms with E-state index in [1.54, 1.807) is 0 Å². The first-order chi connectivity index (χ1) is 14.5. The first-order valence-corrected chi connectivity index (χ1v) is 11.6. The molecule has 160 valence electrons. The van der Waals surface area contributed by atoms with Gasteiger partial charge >= 0.3 is 5.97 Å². The summed E-state index contributed by atoms with van der Waals surface area (Å²) < 4.78 is 6.08. The van der Waals surface area contributed by atoms with Gasteiger partial charge in [-0.05, 0) is 80.9 Å². The largest absolute Gasteiger partial charge is 0.458 e. The number of hydrogen-bond acceptors (Lipinski definition) is 4. The molecule has 0 aromatic heterocycles. The van der Waals surface area contributed by atoms with E-state index in [9.17, 15) is 14.7 Å². The van der Waals surface area contributed by atoms with Crippen molar-refractivity contribution >= 4 is 11.8 Å². The number of aliphatic hydroxyl groups is 1. The van der Waals surface area contributed by atoms with Crippen molar-refractivity contribution in [3.05, 3.63) is 47.5 Å². The van der Waals surface area contributed by atoms with Crippen LogP contribution < -0.4 is 0 Å². The van der Waals surface area contributed by atoms with Gasteiger partial charge in [-0.1, -0.05) is 30.7 Å². The number of rotatable bonds is 3. The highest BCUT2D eigenvalue weighted by Crippen LogP contribution is 2.65. The van der Waals surface area contributed by atoms with Gasteiger partial charge < -0.3 is 9.84 Å². The van der Waals surface area contributed by atoms with Crippen LogP contribution in [0, 0.1) is 28.6 Å². The highest BCUT2D eigenvalue weighted by Gasteiger charge is 2.61. The van der Waals surface area contributed by atoms with E-state index in [0.717, 1.165) is 44.9 Å². The zero-order valence-electron chi connectivity index (χ0n) is 17.8. The van der Waals surface area contributed by atoms with Gasteiger partial charge in [-0.2, -0.15) is 0 Å². The minimum absolute atomic E-state index is 0.00789. The highest BCUT2D eigenvalue weighted by molar-refractivity contribution is 5.91. The molecule has 0 aliphatic heterocycles. The summed E-state index contributed by atoms with van der Waals surface area (Å²) in [6.45, 7) is 2.48. The average Bonchev–Trinajstić information content (AvgIpc) is 3.10. The first kappa shape index (κ1) is 20.0. The molecule has 0 saturated heterocycles. The Morgan fingerprint density at radius 2 is 1.87 bits per heavy atom. The molecule has 3 fully saturated rings. The van der Waals surface area contributed by atoms with Crippen molar-refractivity contribution in [2.75, 3.05) is 6.61 Å². The van der Waals surface area contributed by atoms with Gasteiger partial charge in [0.1, 0.15) is 6.10 Å². The fourth-order valence-corrected chi connectivity index (χ4v) is 7.57. The number of hydrogen-bond donors (Lipinski definition) is 1. The van der Waals surface area contributed by atoms with E-state index in [-0.39, 0.29) is 35.3 Å². The van der Waals surface area contributed by atoms with Crippen LogP contribution in [-0.2, 0) is 9.53 Å². The van der Waals surface area contributed by atoms with E-state index in [0.29, 0.717) is 29.7 Å². The van der Waals surface area contributed by atoms with Gasteiger partial charge in [0.2, 0.25) is 0 Å². The summed E-state index contributed by atoms with van der Waals surface area (Å²) in [5, 5.41) is 10.5. The topological polar surface area (TPSA) is 63.6 Å². The summed E-state index contributed by atoms with van der Waals surface area (Å²) in [6.07, 6.45) is 9.27. The van der Waals surface area contributed by atoms with E-state index >= 15 is 0 Å². The summed E-state index contributed by atoms with van der Waals surface area (Å²) in [5.41, 5.74) is 1.64. The van der Waals surface area contributed by atoms with Crippen LogP contribution in [0.25, 0.3) is 0 Å². The Morgan fingerprint density at radius 1 is 1.07 bits per heavy atom. The molecule has 4 nitrogen and oxygen atoms in total. The van der Waals surface area contributed by atoms with Gasteiger partial charge in [0.05, 0.1) is 12.2 Å². The van der Waals surface area contributed by atoms with E-state index < -0.39 is 0 Å². The molecule has 4 aliphatic carbocycles. The maximum Gasteiger partial charge on any atom is 0.338 e. The number of ether oxygens (including phenoxy) is 1. The molecule has 1 N–H and O–H groups in total. The molecule has 4 heteroatoms. The van der Waals surface area contributed by atoms with Crippen LogP contribution in [0.5, 0.6) is 0 Å². The highest BCUT2D eigenvalue weighted by atomic mass is 16.5. The molecule has 3 saturated carbocycles. The lowest BCUT2D eigenvalue weighted by Gasteiger charge is -2.58. The van der Waals surface area contributed by atoms with Gasteiger partial charge in [0, 0.05) is 17.3 Å². The summed E-state index contributed by atoms with van der Waals surface area (Å²) in [6, 6.07) is 9.29. The second-order valence-electron chi connectivity index (χ2n) is 10.2.